The Morgan fingerprint density at radius 3 is 2.60 bits per heavy atom. The smallest absolute Gasteiger partial charge is 0.205 e. The maximum absolute atomic E-state index is 5.81. The fourth-order valence-electron chi connectivity index (χ4n) is 1.20. The molecule has 15 heavy (non-hydrogen) atoms. The summed E-state index contributed by atoms with van der Waals surface area (Å²) in [5, 5.41) is 13.6. The van der Waals surface area contributed by atoms with Gasteiger partial charge < -0.3 is 5.32 Å². The molecule has 78 valence electrons. The zero-order chi connectivity index (χ0) is 10.7. The molecule has 1 N–H and O–H groups in total. The van der Waals surface area contributed by atoms with Crippen molar-refractivity contribution in [3.63, 3.8) is 0 Å². The number of halogens is 1. The number of hydrogen-bond donors (Lipinski definition) is 1. The summed E-state index contributed by atoms with van der Waals surface area (Å²) in [6.45, 7) is 0. The third-order valence-corrected chi connectivity index (χ3v) is 3.14. The lowest BCUT2D eigenvalue weighted by molar-refractivity contribution is 1.00. The van der Waals surface area contributed by atoms with Crippen molar-refractivity contribution in [2.75, 3.05) is 12.4 Å². The first-order valence-electron chi connectivity index (χ1n) is 4.52. The Bertz CT molecular complexity index is 438. The van der Waals surface area contributed by atoms with Crippen LogP contribution in [0.15, 0.2) is 24.3 Å². The van der Waals surface area contributed by atoms with Crippen LogP contribution < -0.4 is 5.32 Å². The molecule has 0 unspecified atom stereocenters. The number of nitrogens with one attached hydrogen (secondary N) is 1. The number of benzene rings is 1. The summed E-state index contributed by atoms with van der Waals surface area (Å²) < 4.78 is 0. The Kier molecular flexibility index (Phi) is 3.18. The molecule has 5 heteroatoms. The molecule has 1 heterocycles. The van der Waals surface area contributed by atoms with Gasteiger partial charge in [-0.1, -0.05) is 35.1 Å². The Morgan fingerprint density at radius 2 is 2.00 bits per heavy atom. The van der Waals surface area contributed by atoms with Crippen molar-refractivity contribution in [2.45, 2.75) is 6.42 Å². The highest BCUT2D eigenvalue weighted by Gasteiger charge is 2.03. The quantitative estimate of drug-likeness (QED) is 0.895. The summed E-state index contributed by atoms with van der Waals surface area (Å²) >= 11 is 7.37. The van der Waals surface area contributed by atoms with Gasteiger partial charge in [0.15, 0.2) is 0 Å². The molecule has 2 aromatic rings. The maximum atomic E-state index is 5.81. The van der Waals surface area contributed by atoms with Crippen LogP contribution >= 0.6 is 22.9 Å². The molecular weight excluding hydrogens is 230 g/mol. The fourth-order valence-corrected chi connectivity index (χ4v) is 2.06. The van der Waals surface area contributed by atoms with Gasteiger partial charge in [0.05, 0.1) is 0 Å². The predicted molar refractivity (Wildman–Crippen MR) is 63.7 cm³/mol. The normalized spacial score (nSPS) is 10.3. The van der Waals surface area contributed by atoms with E-state index >= 15 is 0 Å². The van der Waals surface area contributed by atoms with Crippen LogP contribution in [-0.2, 0) is 6.42 Å². The van der Waals surface area contributed by atoms with E-state index in [-0.39, 0.29) is 0 Å². The fraction of sp³-hybridized carbons (Fsp3) is 0.200. The van der Waals surface area contributed by atoms with Gasteiger partial charge in [0.25, 0.3) is 0 Å². The molecule has 0 fully saturated rings. The Balaban J connectivity index is 2.11. The zero-order valence-electron chi connectivity index (χ0n) is 8.20. The van der Waals surface area contributed by atoms with E-state index in [1.54, 1.807) is 11.3 Å². The van der Waals surface area contributed by atoms with Crippen LogP contribution in [0.2, 0.25) is 5.02 Å². The largest absolute Gasteiger partial charge is 0.363 e. The topological polar surface area (TPSA) is 37.8 Å². The standard InChI is InChI=1S/C10H10ClN3S/c1-12-10-14-13-9(15-10)6-7-2-4-8(11)5-3-7/h2-5H,6H2,1H3,(H,12,14). The average Bonchev–Trinajstić information content (AvgIpc) is 2.69. The molecule has 0 bridgehead atoms. The Hall–Kier alpha value is -1.13. The summed E-state index contributed by atoms with van der Waals surface area (Å²) in [5.74, 6) is 0. The van der Waals surface area contributed by atoms with Crippen LogP contribution in [0, 0.1) is 0 Å². The highest BCUT2D eigenvalue weighted by molar-refractivity contribution is 7.15. The zero-order valence-corrected chi connectivity index (χ0v) is 9.77. The minimum atomic E-state index is 0.756. The van der Waals surface area contributed by atoms with E-state index in [1.165, 1.54) is 5.56 Å². The van der Waals surface area contributed by atoms with E-state index in [2.05, 4.69) is 15.5 Å². The second-order valence-electron chi connectivity index (χ2n) is 3.05. The monoisotopic (exact) mass is 239 g/mol. The van der Waals surface area contributed by atoms with E-state index in [9.17, 15) is 0 Å². The third kappa shape index (κ3) is 2.67. The van der Waals surface area contributed by atoms with Crippen molar-refractivity contribution in [3.05, 3.63) is 39.9 Å². The molecule has 2 rings (SSSR count). The molecule has 0 spiro atoms. The molecule has 0 radical (unpaired) electrons. The van der Waals surface area contributed by atoms with Crippen molar-refractivity contribution >= 4 is 28.1 Å². The van der Waals surface area contributed by atoms with Gasteiger partial charge in [0.2, 0.25) is 5.13 Å². The predicted octanol–water partition coefficient (Wildman–Crippen LogP) is 2.82. The summed E-state index contributed by atoms with van der Waals surface area (Å²) in [6.07, 6.45) is 0.802. The number of hydrogen-bond acceptors (Lipinski definition) is 4. The van der Waals surface area contributed by atoms with Gasteiger partial charge in [-0.2, -0.15) is 0 Å². The molecule has 3 nitrogen and oxygen atoms in total. The molecule has 0 aliphatic rings. The third-order valence-electron chi connectivity index (χ3n) is 1.95. The van der Waals surface area contributed by atoms with Gasteiger partial charge >= 0.3 is 0 Å². The van der Waals surface area contributed by atoms with Gasteiger partial charge in [0, 0.05) is 18.5 Å². The second kappa shape index (κ2) is 4.59. The maximum Gasteiger partial charge on any atom is 0.205 e. The van der Waals surface area contributed by atoms with Crippen molar-refractivity contribution in [3.8, 4) is 0 Å². The molecule has 1 aromatic heterocycles. The lowest BCUT2D eigenvalue weighted by Crippen LogP contribution is -1.86. The van der Waals surface area contributed by atoms with Gasteiger partial charge in [0.1, 0.15) is 5.01 Å². The summed E-state index contributed by atoms with van der Waals surface area (Å²) in [6, 6.07) is 7.78. The molecule has 0 aliphatic carbocycles. The van der Waals surface area contributed by atoms with Crippen LogP contribution in [-0.4, -0.2) is 17.2 Å². The number of aromatic nitrogens is 2. The summed E-state index contributed by atoms with van der Waals surface area (Å²) in [7, 11) is 1.84. The summed E-state index contributed by atoms with van der Waals surface area (Å²) in [4.78, 5) is 0. The molecule has 1 aromatic carbocycles. The van der Waals surface area contributed by atoms with Crippen LogP contribution in [0.4, 0.5) is 5.13 Å². The van der Waals surface area contributed by atoms with Crippen LogP contribution in [0.1, 0.15) is 10.6 Å². The second-order valence-corrected chi connectivity index (χ2v) is 4.55. The minimum absolute atomic E-state index is 0.756. The molecule has 0 amide bonds. The minimum Gasteiger partial charge on any atom is -0.363 e. The van der Waals surface area contributed by atoms with Crippen LogP contribution in [0.5, 0.6) is 0 Å². The molecule has 0 aliphatic heterocycles. The molecule has 0 atom stereocenters. The lowest BCUT2D eigenvalue weighted by atomic mass is 10.2. The Labute approximate surface area is 97.1 Å². The first-order chi connectivity index (χ1) is 7.28. The number of rotatable bonds is 3. The van der Waals surface area contributed by atoms with E-state index < -0.39 is 0 Å². The van der Waals surface area contributed by atoms with Gasteiger partial charge in [-0.25, -0.2) is 0 Å². The highest BCUT2D eigenvalue weighted by Crippen LogP contribution is 2.18. The van der Waals surface area contributed by atoms with E-state index in [0.717, 1.165) is 21.6 Å². The Morgan fingerprint density at radius 1 is 1.27 bits per heavy atom. The number of anilines is 1. The first-order valence-corrected chi connectivity index (χ1v) is 5.72. The van der Waals surface area contributed by atoms with Crippen LogP contribution in [0.25, 0.3) is 0 Å². The highest BCUT2D eigenvalue weighted by atomic mass is 35.5. The van der Waals surface area contributed by atoms with Crippen molar-refractivity contribution in [1.29, 1.82) is 0 Å². The van der Waals surface area contributed by atoms with E-state index in [1.807, 2.05) is 31.3 Å². The number of nitrogens with zero attached hydrogens (tertiary/aromatic N) is 2. The first kappa shape index (κ1) is 10.4. The van der Waals surface area contributed by atoms with Gasteiger partial charge in [-0.15, -0.1) is 10.2 Å². The van der Waals surface area contributed by atoms with Crippen molar-refractivity contribution in [2.24, 2.45) is 0 Å². The SMILES string of the molecule is CNc1nnc(Cc2ccc(Cl)cc2)s1. The van der Waals surface area contributed by atoms with Gasteiger partial charge in [-0.3, -0.25) is 0 Å². The average molecular weight is 240 g/mol. The summed E-state index contributed by atoms with van der Waals surface area (Å²) in [5.41, 5.74) is 1.19. The van der Waals surface area contributed by atoms with E-state index in [4.69, 9.17) is 11.6 Å². The van der Waals surface area contributed by atoms with Crippen molar-refractivity contribution < 1.29 is 0 Å². The molecule has 0 saturated heterocycles. The molecular formula is C10H10ClN3S. The van der Waals surface area contributed by atoms with Crippen molar-refractivity contribution in [1.82, 2.24) is 10.2 Å². The van der Waals surface area contributed by atoms with Crippen LogP contribution in [0.3, 0.4) is 0 Å². The van der Waals surface area contributed by atoms with Gasteiger partial charge in [-0.05, 0) is 17.7 Å². The van der Waals surface area contributed by atoms with E-state index in [0.29, 0.717) is 0 Å². The molecule has 0 saturated carbocycles. The lowest BCUT2D eigenvalue weighted by Gasteiger charge is -1.96.